The van der Waals surface area contributed by atoms with Crippen LogP contribution in [0.3, 0.4) is 0 Å². The summed E-state index contributed by atoms with van der Waals surface area (Å²) in [6, 6.07) is 23.6. The number of thiazole rings is 1. The molecule has 7 rings (SSSR count). The number of rotatable bonds is 6. The standard InChI is InChI=1S/C33H21Cl2FN4O3S/c1-43-30-12-9-19(14-26(30)36)27-16-29(24-11-10-20(34)15-25(24)35)40(38-27)33-37-28(17-44-33)18-5-4-6-21(13-18)39-31(41)22-7-2-3-8-23(22)32(39)42/h2-15,17,29H,16H2,1H3/t29-/m1/s1. The fourth-order valence-electron chi connectivity index (χ4n) is 5.45. The van der Waals surface area contributed by atoms with Crippen molar-refractivity contribution in [1.29, 1.82) is 0 Å². The van der Waals surface area contributed by atoms with Crippen molar-refractivity contribution in [1.82, 2.24) is 4.98 Å². The van der Waals surface area contributed by atoms with Crippen molar-refractivity contribution >= 4 is 62.9 Å². The van der Waals surface area contributed by atoms with E-state index in [0.717, 1.165) is 11.1 Å². The molecule has 0 saturated carbocycles. The second-order valence-corrected chi connectivity index (χ2v) is 11.9. The number of hydrogen-bond acceptors (Lipinski definition) is 7. The fraction of sp³-hybridized carbons (Fsp3) is 0.0909. The Morgan fingerprint density at radius 3 is 2.39 bits per heavy atom. The van der Waals surface area contributed by atoms with Crippen molar-refractivity contribution in [3.63, 3.8) is 0 Å². The number of imide groups is 1. The molecule has 3 heterocycles. The van der Waals surface area contributed by atoms with E-state index in [1.165, 1.54) is 29.4 Å². The highest BCUT2D eigenvalue weighted by Crippen LogP contribution is 2.42. The molecule has 2 aliphatic rings. The molecule has 218 valence electrons. The number of halogens is 3. The van der Waals surface area contributed by atoms with E-state index in [-0.39, 0.29) is 23.6 Å². The van der Waals surface area contributed by atoms with Crippen molar-refractivity contribution in [2.24, 2.45) is 5.10 Å². The quantitative estimate of drug-likeness (QED) is 0.174. The number of benzene rings is 4. The molecule has 0 N–H and O–H groups in total. The first-order valence-corrected chi connectivity index (χ1v) is 15.2. The van der Waals surface area contributed by atoms with Crippen LogP contribution in [0.25, 0.3) is 11.3 Å². The number of hydrogen-bond donors (Lipinski definition) is 0. The molecule has 2 aliphatic heterocycles. The average molecular weight is 644 g/mol. The van der Waals surface area contributed by atoms with Crippen molar-refractivity contribution in [2.45, 2.75) is 12.5 Å². The molecular formula is C33H21Cl2FN4O3S. The maximum Gasteiger partial charge on any atom is 0.266 e. The Hall–Kier alpha value is -4.57. The Bertz CT molecular complexity index is 1980. The predicted octanol–water partition coefficient (Wildman–Crippen LogP) is 8.42. The molecule has 0 unspecified atom stereocenters. The molecule has 7 nitrogen and oxygen atoms in total. The third kappa shape index (κ3) is 4.83. The lowest BCUT2D eigenvalue weighted by Crippen LogP contribution is -2.29. The van der Waals surface area contributed by atoms with Crippen LogP contribution < -0.4 is 14.6 Å². The summed E-state index contributed by atoms with van der Waals surface area (Å²) in [6.07, 6.45) is 0.442. The molecule has 0 radical (unpaired) electrons. The van der Waals surface area contributed by atoms with Gasteiger partial charge in [0, 0.05) is 33.0 Å². The second kappa shape index (κ2) is 11.2. The first kappa shape index (κ1) is 28.2. The fourth-order valence-corrected chi connectivity index (χ4v) is 6.82. The van der Waals surface area contributed by atoms with E-state index in [4.69, 9.17) is 38.0 Å². The molecule has 1 aromatic heterocycles. The Morgan fingerprint density at radius 1 is 0.909 bits per heavy atom. The van der Waals surface area contributed by atoms with Gasteiger partial charge >= 0.3 is 0 Å². The Kier molecular flexibility index (Phi) is 7.16. The zero-order valence-electron chi connectivity index (χ0n) is 23.0. The highest BCUT2D eigenvalue weighted by molar-refractivity contribution is 7.14. The minimum absolute atomic E-state index is 0.148. The van der Waals surface area contributed by atoms with Gasteiger partial charge in [0.1, 0.15) is 0 Å². The number of hydrazone groups is 1. The van der Waals surface area contributed by atoms with E-state index >= 15 is 0 Å². The van der Waals surface area contributed by atoms with Crippen LogP contribution in [0.4, 0.5) is 15.2 Å². The van der Waals surface area contributed by atoms with E-state index in [2.05, 4.69) is 0 Å². The van der Waals surface area contributed by atoms with Gasteiger partial charge in [-0.2, -0.15) is 5.10 Å². The monoisotopic (exact) mass is 642 g/mol. The van der Waals surface area contributed by atoms with E-state index in [0.29, 0.717) is 55.4 Å². The summed E-state index contributed by atoms with van der Waals surface area (Å²) in [4.78, 5) is 32.2. The van der Waals surface area contributed by atoms with E-state index in [1.807, 2.05) is 17.5 Å². The van der Waals surface area contributed by atoms with Crippen LogP contribution >= 0.6 is 34.5 Å². The Labute approximate surface area is 265 Å². The maximum absolute atomic E-state index is 14.6. The number of nitrogens with zero attached hydrogens (tertiary/aromatic N) is 4. The number of fused-ring (bicyclic) bond motifs is 1. The van der Waals surface area contributed by atoms with Gasteiger partial charge in [0.05, 0.1) is 41.4 Å². The highest BCUT2D eigenvalue weighted by atomic mass is 35.5. The molecule has 0 aliphatic carbocycles. The normalized spacial score (nSPS) is 16.0. The number of carbonyl (C=O) groups is 2. The van der Waals surface area contributed by atoms with Gasteiger partial charge in [0.2, 0.25) is 5.13 Å². The molecule has 4 aromatic carbocycles. The zero-order valence-corrected chi connectivity index (χ0v) is 25.3. The number of ether oxygens (including phenoxy) is 1. The number of amides is 2. The molecule has 0 spiro atoms. The van der Waals surface area contributed by atoms with Crippen LogP contribution in [0.5, 0.6) is 5.75 Å². The molecule has 1 atom stereocenters. The molecule has 44 heavy (non-hydrogen) atoms. The summed E-state index contributed by atoms with van der Waals surface area (Å²) in [5, 5.41) is 10.1. The van der Waals surface area contributed by atoms with Gasteiger partial charge in [-0.25, -0.2) is 19.3 Å². The predicted molar refractivity (Wildman–Crippen MR) is 171 cm³/mol. The SMILES string of the molecule is COc1ccc(C2=NN(c3nc(-c4cccc(N5C(=O)c6ccccc6C5=O)c4)cs3)[C@@H](c3ccc(Cl)cc3Cl)C2)cc1F. The first-order valence-electron chi connectivity index (χ1n) is 13.5. The summed E-state index contributed by atoms with van der Waals surface area (Å²) >= 11 is 14.2. The van der Waals surface area contributed by atoms with Crippen LogP contribution in [0.2, 0.25) is 10.0 Å². The van der Waals surface area contributed by atoms with Gasteiger partial charge in [0.15, 0.2) is 11.6 Å². The highest BCUT2D eigenvalue weighted by Gasteiger charge is 2.37. The van der Waals surface area contributed by atoms with Crippen molar-refractivity contribution < 1.29 is 18.7 Å². The lowest BCUT2D eigenvalue weighted by atomic mass is 9.98. The first-order chi connectivity index (χ1) is 21.3. The largest absolute Gasteiger partial charge is 0.494 e. The maximum atomic E-state index is 14.6. The third-order valence-corrected chi connectivity index (χ3v) is 8.99. The summed E-state index contributed by atoms with van der Waals surface area (Å²) in [6.45, 7) is 0. The molecular weight excluding hydrogens is 622 g/mol. The van der Waals surface area contributed by atoms with Gasteiger partial charge in [-0.1, -0.05) is 53.5 Å². The zero-order chi connectivity index (χ0) is 30.5. The van der Waals surface area contributed by atoms with Crippen LogP contribution in [-0.2, 0) is 0 Å². The lowest BCUT2D eigenvalue weighted by molar-refractivity contribution is 0.0926. The van der Waals surface area contributed by atoms with Crippen molar-refractivity contribution in [3.05, 3.63) is 128 Å². The summed E-state index contributed by atoms with van der Waals surface area (Å²) in [7, 11) is 1.42. The Morgan fingerprint density at radius 2 is 1.68 bits per heavy atom. The van der Waals surface area contributed by atoms with Gasteiger partial charge in [-0.3, -0.25) is 9.59 Å². The van der Waals surface area contributed by atoms with Gasteiger partial charge < -0.3 is 4.74 Å². The van der Waals surface area contributed by atoms with Crippen LogP contribution in [0.1, 0.15) is 44.3 Å². The van der Waals surface area contributed by atoms with E-state index < -0.39 is 5.82 Å². The third-order valence-electron chi connectivity index (χ3n) is 7.60. The second-order valence-electron chi connectivity index (χ2n) is 10.2. The number of methoxy groups -OCH3 is 1. The summed E-state index contributed by atoms with van der Waals surface area (Å²) in [5.74, 6) is -1.06. The smallest absolute Gasteiger partial charge is 0.266 e. The number of aromatic nitrogens is 1. The Balaban J connectivity index is 1.24. The molecule has 0 bridgehead atoms. The van der Waals surface area contributed by atoms with Gasteiger partial charge in [0.25, 0.3) is 11.8 Å². The lowest BCUT2D eigenvalue weighted by Gasteiger charge is -2.22. The van der Waals surface area contributed by atoms with Crippen LogP contribution in [-0.4, -0.2) is 29.6 Å². The van der Waals surface area contributed by atoms with Crippen LogP contribution in [0.15, 0.2) is 95.4 Å². The molecule has 5 aromatic rings. The van der Waals surface area contributed by atoms with Crippen molar-refractivity contribution in [2.75, 3.05) is 17.0 Å². The average Bonchev–Trinajstić information content (AvgIpc) is 3.75. The minimum Gasteiger partial charge on any atom is -0.494 e. The number of anilines is 2. The molecule has 2 amide bonds. The topological polar surface area (TPSA) is 75.1 Å². The van der Waals surface area contributed by atoms with E-state index in [9.17, 15) is 14.0 Å². The van der Waals surface area contributed by atoms with Gasteiger partial charge in [-0.15, -0.1) is 11.3 Å². The molecule has 11 heteroatoms. The van der Waals surface area contributed by atoms with Crippen molar-refractivity contribution in [3.8, 4) is 17.0 Å². The minimum atomic E-state index is -0.485. The van der Waals surface area contributed by atoms with E-state index in [1.54, 1.807) is 71.7 Å². The summed E-state index contributed by atoms with van der Waals surface area (Å²) in [5.41, 5.74) is 4.66. The van der Waals surface area contributed by atoms with Gasteiger partial charge in [-0.05, 0) is 60.2 Å². The molecule has 0 saturated heterocycles. The van der Waals surface area contributed by atoms with Crippen LogP contribution in [0, 0.1) is 5.82 Å². The summed E-state index contributed by atoms with van der Waals surface area (Å²) < 4.78 is 19.7. The number of carbonyl (C=O) groups excluding carboxylic acids is 2. The molecule has 0 fully saturated rings.